The Morgan fingerprint density at radius 3 is 2.00 bits per heavy atom. The molecule has 0 N–H and O–H groups in total. The van der Waals surface area contributed by atoms with E-state index < -0.39 is 0 Å². The second-order valence-corrected chi connectivity index (χ2v) is 11.5. The van der Waals surface area contributed by atoms with Gasteiger partial charge in [0.25, 0.3) is 0 Å². The fourth-order valence-corrected chi connectivity index (χ4v) is 6.94. The van der Waals surface area contributed by atoms with Gasteiger partial charge in [-0.1, -0.05) is 97.1 Å². The minimum absolute atomic E-state index is 0.590. The van der Waals surface area contributed by atoms with Crippen LogP contribution in [-0.2, 0) is 0 Å². The van der Waals surface area contributed by atoms with Crippen LogP contribution in [-0.4, -0.2) is 19.9 Å². The lowest BCUT2D eigenvalue weighted by molar-refractivity contribution is 0.668. The Kier molecular flexibility index (Phi) is 4.93. The third-order valence-electron chi connectivity index (χ3n) is 8.97. The Hall–Kier alpha value is -6.20. The molecule has 0 fully saturated rings. The number of aromatic nitrogens is 4. The molecule has 45 heavy (non-hydrogen) atoms. The normalized spacial score (nSPS) is 12.0. The summed E-state index contributed by atoms with van der Waals surface area (Å²) in [7, 11) is 0. The van der Waals surface area contributed by atoms with Crippen molar-refractivity contribution in [1.29, 1.82) is 0 Å². The number of rotatable bonds is 3. The highest BCUT2D eigenvalue weighted by atomic mass is 16.3. The lowest BCUT2D eigenvalue weighted by Gasteiger charge is -2.12. The van der Waals surface area contributed by atoms with Gasteiger partial charge in [0.15, 0.2) is 17.5 Å². The van der Waals surface area contributed by atoms with Crippen molar-refractivity contribution in [3.63, 3.8) is 0 Å². The molecule has 0 unspecified atom stereocenters. The van der Waals surface area contributed by atoms with E-state index in [1.807, 2.05) is 24.4 Å². The lowest BCUT2D eigenvalue weighted by Crippen LogP contribution is -2.01. The molecule has 0 aliphatic heterocycles. The van der Waals surface area contributed by atoms with E-state index in [1.165, 1.54) is 33.0 Å². The van der Waals surface area contributed by atoms with Crippen LogP contribution in [0.3, 0.4) is 0 Å². The van der Waals surface area contributed by atoms with Crippen LogP contribution in [0.1, 0.15) is 0 Å². The maximum absolute atomic E-state index is 6.20. The molecule has 5 nitrogen and oxygen atoms in total. The molecular weight excluding hydrogens is 552 g/mol. The van der Waals surface area contributed by atoms with E-state index in [-0.39, 0.29) is 0 Å². The monoisotopic (exact) mass is 574 g/mol. The third kappa shape index (κ3) is 3.55. The summed E-state index contributed by atoms with van der Waals surface area (Å²) in [4.78, 5) is 19.9. The maximum Gasteiger partial charge on any atom is 0.164 e. The van der Waals surface area contributed by atoms with Crippen molar-refractivity contribution >= 4 is 43.5 Å². The molecule has 0 bridgehead atoms. The van der Waals surface area contributed by atoms with Crippen LogP contribution < -0.4 is 0 Å². The minimum atomic E-state index is 0.590. The first-order valence-electron chi connectivity index (χ1n) is 15.0. The van der Waals surface area contributed by atoms with Gasteiger partial charge >= 0.3 is 0 Å². The summed E-state index contributed by atoms with van der Waals surface area (Å²) < 4.78 is 6.20. The topological polar surface area (TPSA) is 64.7 Å². The molecule has 5 heteroatoms. The quantitative estimate of drug-likeness (QED) is 0.210. The summed E-state index contributed by atoms with van der Waals surface area (Å²) in [5, 5.41) is 6.54. The van der Waals surface area contributed by atoms with Gasteiger partial charge in [-0.25, -0.2) is 15.0 Å². The highest BCUT2D eigenvalue weighted by Gasteiger charge is 2.24. The molecule has 0 radical (unpaired) electrons. The average Bonchev–Trinajstić information content (AvgIpc) is 3.65. The molecule has 0 saturated carbocycles. The van der Waals surface area contributed by atoms with E-state index >= 15 is 0 Å². The summed E-state index contributed by atoms with van der Waals surface area (Å²) >= 11 is 0. The van der Waals surface area contributed by atoms with Crippen molar-refractivity contribution in [1.82, 2.24) is 19.9 Å². The lowest BCUT2D eigenvalue weighted by atomic mass is 9.98. The summed E-state index contributed by atoms with van der Waals surface area (Å²) in [6, 6.07) is 42.1. The van der Waals surface area contributed by atoms with Gasteiger partial charge in [0.1, 0.15) is 11.2 Å². The summed E-state index contributed by atoms with van der Waals surface area (Å²) in [6.45, 7) is 0. The van der Waals surface area contributed by atoms with E-state index in [9.17, 15) is 0 Å². The van der Waals surface area contributed by atoms with Gasteiger partial charge in [-0.15, -0.1) is 0 Å². The first kappa shape index (κ1) is 24.3. The van der Waals surface area contributed by atoms with Crippen LogP contribution in [0, 0.1) is 0 Å². The highest BCUT2D eigenvalue weighted by molar-refractivity contribution is 6.18. The Morgan fingerprint density at radius 1 is 0.422 bits per heavy atom. The number of benzene rings is 6. The molecule has 1 aliphatic carbocycles. The van der Waals surface area contributed by atoms with E-state index in [4.69, 9.17) is 19.4 Å². The Bertz CT molecular complexity index is 2640. The Labute approximate surface area is 257 Å². The van der Waals surface area contributed by atoms with Crippen molar-refractivity contribution in [3.8, 4) is 56.4 Å². The zero-order valence-corrected chi connectivity index (χ0v) is 23.9. The number of hydrogen-bond donors (Lipinski definition) is 0. The summed E-state index contributed by atoms with van der Waals surface area (Å²) in [6.07, 6.45) is 3.59. The van der Waals surface area contributed by atoms with Crippen LogP contribution in [0.25, 0.3) is 99.9 Å². The zero-order valence-electron chi connectivity index (χ0n) is 23.9. The highest BCUT2D eigenvalue weighted by Crippen LogP contribution is 2.49. The van der Waals surface area contributed by atoms with Gasteiger partial charge in [0, 0.05) is 39.9 Å². The SMILES string of the molecule is c1ccc2c(c1)-c1cccc3c(-c4nc(-c5ccc6ccccc6c5)nc(-c5cccc6oc7ccncc7c56)n4)ccc-2c13. The first-order chi connectivity index (χ1) is 22.3. The van der Waals surface area contributed by atoms with Crippen LogP contribution in [0.5, 0.6) is 0 Å². The second-order valence-electron chi connectivity index (χ2n) is 11.5. The van der Waals surface area contributed by atoms with Crippen molar-refractivity contribution < 1.29 is 4.42 Å². The molecule has 1 aliphatic rings. The van der Waals surface area contributed by atoms with Crippen molar-refractivity contribution in [2.75, 3.05) is 0 Å². The number of furan rings is 1. The van der Waals surface area contributed by atoms with Gasteiger partial charge in [-0.05, 0) is 68.1 Å². The van der Waals surface area contributed by atoms with E-state index in [2.05, 4.69) is 108 Å². The third-order valence-corrected chi connectivity index (χ3v) is 8.97. The fraction of sp³-hybridized carbons (Fsp3) is 0. The predicted molar refractivity (Wildman–Crippen MR) is 181 cm³/mol. The van der Waals surface area contributed by atoms with Crippen LogP contribution in [0.4, 0.5) is 0 Å². The molecule has 9 aromatic rings. The van der Waals surface area contributed by atoms with Gasteiger partial charge in [-0.2, -0.15) is 0 Å². The van der Waals surface area contributed by atoms with Crippen LogP contribution in [0.2, 0.25) is 0 Å². The number of hydrogen-bond acceptors (Lipinski definition) is 5. The van der Waals surface area contributed by atoms with Crippen molar-refractivity contribution in [2.45, 2.75) is 0 Å². The van der Waals surface area contributed by atoms with E-state index in [0.29, 0.717) is 17.5 Å². The molecule has 6 aromatic carbocycles. The van der Waals surface area contributed by atoms with Crippen molar-refractivity contribution in [2.24, 2.45) is 0 Å². The molecule has 0 spiro atoms. The van der Waals surface area contributed by atoms with Crippen LogP contribution >= 0.6 is 0 Å². The molecule has 10 rings (SSSR count). The largest absolute Gasteiger partial charge is 0.456 e. The van der Waals surface area contributed by atoms with Gasteiger partial charge in [0.2, 0.25) is 0 Å². The van der Waals surface area contributed by atoms with Crippen LogP contribution in [0.15, 0.2) is 138 Å². The minimum Gasteiger partial charge on any atom is -0.456 e. The Morgan fingerprint density at radius 2 is 1.11 bits per heavy atom. The smallest absolute Gasteiger partial charge is 0.164 e. The molecule has 0 amide bonds. The number of fused-ring (bicyclic) bond motifs is 7. The molecule has 3 aromatic heterocycles. The summed E-state index contributed by atoms with van der Waals surface area (Å²) in [5.41, 5.74) is 9.34. The predicted octanol–water partition coefficient (Wildman–Crippen LogP) is 10.1. The Balaban J connectivity index is 1.27. The second kappa shape index (κ2) is 9.15. The van der Waals surface area contributed by atoms with Gasteiger partial charge in [0.05, 0.1) is 0 Å². The molecule has 3 heterocycles. The number of pyridine rings is 1. The van der Waals surface area contributed by atoms with E-state index in [0.717, 1.165) is 49.4 Å². The molecule has 0 saturated heterocycles. The first-order valence-corrected chi connectivity index (χ1v) is 15.0. The van der Waals surface area contributed by atoms with Gasteiger partial charge < -0.3 is 4.42 Å². The maximum atomic E-state index is 6.20. The summed E-state index contributed by atoms with van der Waals surface area (Å²) in [5.74, 6) is 1.84. The number of nitrogens with zero attached hydrogens (tertiary/aromatic N) is 4. The van der Waals surface area contributed by atoms with E-state index in [1.54, 1.807) is 6.20 Å². The standard InChI is InChI=1S/C40H22N4O/c1-2-8-24-21-25(16-15-23(24)7-1)38-42-39(31-18-17-30-27-10-4-3-9-26(27)28-11-5-12-29(31)36(28)30)44-40(43-38)32-13-6-14-35-37(32)33-22-41-20-19-34(33)45-35/h1-22H. The molecule has 208 valence electrons. The molecular formula is C40H22N4O. The zero-order chi connectivity index (χ0) is 29.5. The van der Waals surface area contributed by atoms with Crippen molar-refractivity contribution in [3.05, 3.63) is 134 Å². The molecule has 0 atom stereocenters. The fourth-order valence-electron chi connectivity index (χ4n) is 6.94. The van der Waals surface area contributed by atoms with Gasteiger partial charge in [-0.3, -0.25) is 4.98 Å². The average molecular weight is 575 g/mol.